The molecule has 3 aromatic heterocycles. The van der Waals surface area contributed by atoms with Gasteiger partial charge in [-0.25, -0.2) is 13.8 Å². The Balaban J connectivity index is 1.54. The quantitative estimate of drug-likeness (QED) is 0.465. The average molecular weight is 440 g/mol. The molecule has 3 heterocycles. The van der Waals surface area contributed by atoms with E-state index >= 15 is 0 Å². The number of benzene rings is 1. The van der Waals surface area contributed by atoms with Crippen molar-refractivity contribution in [3.63, 3.8) is 0 Å². The Labute approximate surface area is 180 Å². The zero-order valence-electron chi connectivity index (χ0n) is 16.5. The van der Waals surface area contributed by atoms with Gasteiger partial charge in [0, 0.05) is 29.8 Å². The van der Waals surface area contributed by atoms with Gasteiger partial charge in [0.2, 0.25) is 5.88 Å². The number of hydrogen-bond acceptors (Lipinski definition) is 6. The van der Waals surface area contributed by atoms with Gasteiger partial charge in [-0.2, -0.15) is 0 Å². The second-order valence-electron chi connectivity index (χ2n) is 6.81. The van der Waals surface area contributed by atoms with Gasteiger partial charge in [0.05, 0.1) is 11.4 Å². The minimum absolute atomic E-state index is 0.0487. The SMILES string of the molecule is Cc1cc(OCc2ccccn2)nc2sc(C(=O)NCc3cccc(F)c3F)c(N)c12. The Bertz CT molecular complexity index is 1260. The van der Waals surface area contributed by atoms with Crippen LogP contribution in [0.25, 0.3) is 10.2 Å². The number of anilines is 1. The third kappa shape index (κ3) is 4.31. The minimum Gasteiger partial charge on any atom is -0.471 e. The smallest absolute Gasteiger partial charge is 0.263 e. The molecule has 0 aliphatic carbocycles. The van der Waals surface area contributed by atoms with E-state index < -0.39 is 17.5 Å². The third-order valence-corrected chi connectivity index (χ3v) is 5.74. The minimum atomic E-state index is -0.987. The lowest BCUT2D eigenvalue weighted by molar-refractivity contribution is 0.0955. The number of nitrogens with two attached hydrogens (primary N) is 1. The molecule has 0 unspecified atom stereocenters. The monoisotopic (exact) mass is 440 g/mol. The van der Waals surface area contributed by atoms with E-state index in [1.54, 1.807) is 12.3 Å². The van der Waals surface area contributed by atoms with E-state index in [9.17, 15) is 13.6 Å². The van der Waals surface area contributed by atoms with E-state index in [0.29, 0.717) is 21.8 Å². The van der Waals surface area contributed by atoms with E-state index in [4.69, 9.17) is 10.5 Å². The second kappa shape index (κ2) is 8.65. The fourth-order valence-electron chi connectivity index (χ4n) is 3.10. The number of fused-ring (bicyclic) bond motifs is 1. The van der Waals surface area contributed by atoms with E-state index in [1.807, 2.05) is 25.1 Å². The van der Waals surface area contributed by atoms with E-state index in [-0.39, 0.29) is 23.6 Å². The number of aromatic nitrogens is 2. The van der Waals surface area contributed by atoms with Gasteiger partial charge in [0.15, 0.2) is 11.6 Å². The molecule has 0 radical (unpaired) electrons. The van der Waals surface area contributed by atoms with Crippen LogP contribution >= 0.6 is 11.3 Å². The first-order chi connectivity index (χ1) is 14.9. The molecule has 31 heavy (non-hydrogen) atoms. The van der Waals surface area contributed by atoms with Crippen LogP contribution in [0.3, 0.4) is 0 Å². The molecule has 0 atom stereocenters. The highest BCUT2D eigenvalue weighted by atomic mass is 32.1. The van der Waals surface area contributed by atoms with Crippen LogP contribution in [0.15, 0.2) is 48.7 Å². The molecule has 0 spiro atoms. The van der Waals surface area contributed by atoms with Gasteiger partial charge in [-0.05, 0) is 30.7 Å². The number of aryl methyl sites for hydroxylation is 1. The van der Waals surface area contributed by atoms with Crippen molar-refractivity contribution in [1.82, 2.24) is 15.3 Å². The molecule has 0 saturated heterocycles. The molecule has 4 aromatic rings. The van der Waals surface area contributed by atoms with E-state index in [1.165, 1.54) is 12.1 Å². The van der Waals surface area contributed by atoms with Crippen LogP contribution in [0.5, 0.6) is 5.88 Å². The normalized spacial score (nSPS) is 10.9. The molecule has 0 bridgehead atoms. The Morgan fingerprint density at radius 3 is 2.84 bits per heavy atom. The number of nitrogen functional groups attached to an aromatic ring is 1. The number of amides is 1. The summed E-state index contributed by atoms with van der Waals surface area (Å²) in [5.41, 5.74) is 8.11. The summed E-state index contributed by atoms with van der Waals surface area (Å²) < 4.78 is 32.9. The van der Waals surface area contributed by atoms with Crippen molar-refractivity contribution in [2.75, 3.05) is 5.73 Å². The first kappa shape index (κ1) is 20.7. The molecular weight excluding hydrogens is 422 g/mol. The lowest BCUT2D eigenvalue weighted by atomic mass is 10.1. The first-order valence-corrected chi connectivity index (χ1v) is 10.2. The second-order valence-corrected chi connectivity index (χ2v) is 7.81. The van der Waals surface area contributed by atoms with Gasteiger partial charge >= 0.3 is 0 Å². The number of carbonyl (C=O) groups is 1. The van der Waals surface area contributed by atoms with E-state index in [0.717, 1.165) is 28.7 Å². The number of pyridine rings is 2. The molecule has 4 rings (SSSR count). The largest absolute Gasteiger partial charge is 0.471 e. The first-order valence-electron chi connectivity index (χ1n) is 9.37. The van der Waals surface area contributed by atoms with Crippen molar-refractivity contribution in [1.29, 1.82) is 0 Å². The lowest BCUT2D eigenvalue weighted by Gasteiger charge is -2.07. The summed E-state index contributed by atoms with van der Waals surface area (Å²) in [6.07, 6.45) is 1.68. The van der Waals surface area contributed by atoms with Crippen LogP contribution in [0.2, 0.25) is 0 Å². The predicted molar refractivity (Wildman–Crippen MR) is 115 cm³/mol. The van der Waals surface area contributed by atoms with Gasteiger partial charge in [0.1, 0.15) is 16.3 Å². The van der Waals surface area contributed by atoms with Crippen LogP contribution in [0.1, 0.15) is 26.5 Å². The molecule has 0 saturated carbocycles. The number of halogens is 2. The molecular formula is C22H18F2N4O2S. The molecule has 0 aliphatic rings. The lowest BCUT2D eigenvalue weighted by Crippen LogP contribution is -2.23. The number of carbonyl (C=O) groups excluding carboxylic acids is 1. The van der Waals surface area contributed by atoms with Crippen LogP contribution < -0.4 is 15.8 Å². The van der Waals surface area contributed by atoms with Gasteiger partial charge in [-0.3, -0.25) is 9.78 Å². The van der Waals surface area contributed by atoms with Crippen LogP contribution in [0.4, 0.5) is 14.5 Å². The van der Waals surface area contributed by atoms with Gasteiger partial charge < -0.3 is 15.8 Å². The van der Waals surface area contributed by atoms with Crippen LogP contribution in [0, 0.1) is 18.6 Å². The zero-order chi connectivity index (χ0) is 22.0. The Kier molecular flexibility index (Phi) is 5.77. The number of ether oxygens (including phenoxy) is 1. The van der Waals surface area contributed by atoms with Crippen molar-refractivity contribution < 1.29 is 18.3 Å². The van der Waals surface area contributed by atoms with Crippen molar-refractivity contribution >= 4 is 33.1 Å². The summed E-state index contributed by atoms with van der Waals surface area (Å²) in [7, 11) is 0. The van der Waals surface area contributed by atoms with Gasteiger partial charge in [0.25, 0.3) is 5.91 Å². The Hall–Kier alpha value is -3.59. The van der Waals surface area contributed by atoms with Crippen molar-refractivity contribution in [3.8, 4) is 5.88 Å². The highest BCUT2D eigenvalue weighted by Gasteiger charge is 2.20. The molecule has 0 fully saturated rings. The predicted octanol–water partition coefficient (Wildman–Crippen LogP) is 4.37. The Morgan fingerprint density at radius 2 is 2.06 bits per heavy atom. The van der Waals surface area contributed by atoms with Crippen molar-refractivity contribution in [2.24, 2.45) is 0 Å². The maximum atomic E-state index is 13.8. The number of thiophene rings is 1. The van der Waals surface area contributed by atoms with Crippen molar-refractivity contribution in [3.05, 3.63) is 82.0 Å². The molecule has 6 nitrogen and oxygen atoms in total. The van der Waals surface area contributed by atoms with Gasteiger partial charge in [-0.15, -0.1) is 11.3 Å². The standard InChI is InChI=1S/C22H18F2N4O2S/c1-12-9-16(30-11-14-6-2-3-8-26-14)28-22-17(12)19(25)20(31-22)21(29)27-10-13-5-4-7-15(23)18(13)24/h2-9H,10-11,25H2,1H3,(H,27,29). The van der Waals surface area contributed by atoms with Crippen molar-refractivity contribution in [2.45, 2.75) is 20.1 Å². The van der Waals surface area contributed by atoms with Crippen LogP contribution in [-0.4, -0.2) is 15.9 Å². The zero-order valence-corrected chi connectivity index (χ0v) is 17.3. The summed E-state index contributed by atoms with van der Waals surface area (Å²) in [5.74, 6) is -2.05. The number of hydrogen-bond donors (Lipinski definition) is 2. The topological polar surface area (TPSA) is 90.1 Å². The third-order valence-electron chi connectivity index (χ3n) is 4.64. The summed E-state index contributed by atoms with van der Waals surface area (Å²) in [6.45, 7) is 1.94. The number of rotatable bonds is 6. The maximum Gasteiger partial charge on any atom is 0.263 e. The summed E-state index contributed by atoms with van der Waals surface area (Å²) in [6, 6.07) is 11.1. The summed E-state index contributed by atoms with van der Waals surface area (Å²) in [4.78, 5) is 22.1. The fourth-order valence-corrected chi connectivity index (χ4v) is 4.17. The highest BCUT2D eigenvalue weighted by molar-refractivity contribution is 7.21. The maximum absolute atomic E-state index is 13.8. The van der Waals surface area contributed by atoms with Crippen LogP contribution in [-0.2, 0) is 13.2 Å². The molecule has 158 valence electrons. The van der Waals surface area contributed by atoms with Gasteiger partial charge in [-0.1, -0.05) is 18.2 Å². The molecule has 3 N–H and O–H groups in total. The molecule has 1 amide bonds. The molecule has 9 heteroatoms. The number of nitrogens with one attached hydrogen (secondary N) is 1. The fraction of sp³-hybridized carbons (Fsp3) is 0.136. The summed E-state index contributed by atoms with van der Waals surface area (Å²) in [5, 5.41) is 3.25. The highest BCUT2D eigenvalue weighted by Crippen LogP contribution is 2.36. The molecule has 0 aliphatic heterocycles. The summed E-state index contributed by atoms with van der Waals surface area (Å²) >= 11 is 1.11. The average Bonchev–Trinajstić information content (AvgIpc) is 3.11. The molecule has 1 aromatic carbocycles. The Morgan fingerprint density at radius 1 is 1.23 bits per heavy atom. The number of nitrogens with zero attached hydrogens (tertiary/aromatic N) is 2. The van der Waals surface area contributed by atoms with E-state index in [2.05, 4.69) is 15.3 Å².